The van der Waals surface area contributed by atoms with Gasteiger partial charge in [0.2, 0.25) is 0 Å². The van der Waals surface area contributed by atoms with E-state index in [1.54, 1.807) is 35.2 Å². The number of nitrogens with zero attached hydrogens (tertiary/aromatic N) is 1. The van der Waals surface area contributed by atoms with Crippen LogP contribution in [0.2, 0.25) is 0 Å². The van der Waals surface area contributed by atoms with Gasteiger partial charge >= 0.3 is 0 Å². The van der Waals surface area contributed by atoms with E-state index in [0.29, 0.717) is 30.0 Å². The van der Waals surface area contributed by atoms with Gasteiger partial charge < -0.3 is 14.4 Å². The van der Waals surface area contributed by atoms with Crippen molar-refractivity contribution < 1.29 is 23.5 Å². The van der Waals surface area contributed by atoms with Crippen LogP contribution in [0, 0.1) is 5.82 Å². The number of allylic oxidation sites excluding steroid dienone is 1. The van der Waals surface area contributed by atoms with E-state index in [-0.39, 0.29) is 24.0 Å². The number of hydrogen-bond donors (Lipinski definition) is 0. The van der Waals surface area contributed by atoms with E-state index in [9.17, 15) is 14.0 Å². The van der Waals surface area contributed by atoms with Crippen molar-refractivity contribution in [3.8, 4) is 11.5 Å². The predicted molar refractivity (Wildman–Crippen MR) is 106 cm³/mol. The van der Waals surface area contributed by atoms with E-state index in [2.05, 4.69) is 0 Å². The Labute approximate surface area is 164 Å². The molecule has 0 aliphatic rings. The number of halogens is 1. The lowest BCUT2D eigenvalue weighted by Crippen LogP contribution is -2.34. The van der Waals surface area contributed by atoms with E-state index in [1.165, 1.54) is 31.4 Å². The third-order valence-corrected chi connectivity index (χ3v) is 4.22. The molecular weight excluding hydrogens is 361 g/mol. The highest BCUT2D eigenvalue weighted by molar-refractivity contribution is 6.06. The largest absolute Gasteiger partial charge is 0.494 e. The molecular formula is C22H24FNO4. The molecule has 0 bridgehead atoms. The third-order valence-electron chi connectivity index (χ3n) is 4.22. The molecule has 0 fully saturated rings. The number of hydrogen-bond acceptors (Lipinski definition) is 4. The van der Waals surface area contributed by atoms with Gasteiger partial charge in [0.1, 0.15) is 5.75 Å². The summed E-state index contributed by atoms with van der Waals surface area (Å²) in [5, 5.41) is 0. The van der Waals surface area contributed by atoms with Crippen molar-refractivity contribution in [1.29, 1.82) is 0 Å². The van der Waals surface area contributed by atoms with Crippen LogP contribution in [-0.2, 0) is 4.79 Å². The molecule has 0 aliphatic heterocycles. The first kappa shape index (κ1) is 21.2. The van der Waals surface area contributed by atoms with E-state index >= 15 is 0 Å². The zero-order valence-corrected chi connectivity index (χ0v) is 16.3. The van der Waals surface area contributed by atoms with Crippen molar-refractivity contribution in [2.75, 3.05) is 26.8 Å². The second kappa shape index (κ2) is 10.3. The molecule has 2 aromatic carbocycles. The summed E-state index contributed by atoms with van der Waals surface area (Å²) in [4.78, 5) is 25.9. The smallest absolute Gasteiger partial charge is 0.260 e. The first-order valence-corrected chi connectivity index (χ1v) is 9.05. The van der Waals surface area contributed by atoms with Gasteiger partial charge in [-0.25, -0.2) is 4.39 Å². The van der Waals surface area contributed by atoms with Gasteiger partial charge in [-0.2, -0.15) is 0 Å². The molecule has 1 amide bonds. The second-order valence-electron chi connectivity index (χ2n) is 5.97. The quantitative estimate of drug-likeness (QED) is 0.484. The zero-order chi connectivity index (χ0) is 20.5. The maximum atomic E-state index is 13.7. The number of methoxy groups -OCH3 is 1. The topological polar surface area (TPSA) is 55.8 Å². The molecule has 2 aromatic rings. The van der Waals surface area contributed by atoms with Crippen molar-refractivity contribution in [2.24, 2.45) is 0 Å². The Kier molecular flexibility index (Phi) is 7.75. The maximum Gasteiger partial charge on any atom is 0.260 e. The Bertz CT molecular complexity index is 842. The summed E-state index contributed by atoms with van der Waals surface area (Å²) in [7, 11) is 1.39. The van der Waals surface area contributed by atoms with Crippen LogP contribution in [0.25, 0.3) is 6.08 Å². The number of ether oxygens (including phenoxy) is 2. The van der Waals surface area contributed by atoms with Crippen LogP contribution >= 0.6 is 0 Å². The van der Waals surface area contributed by atoms with Crippen molar-refractivity contribution in [1.82, 2.24) is 4.90 Å². The molecule has 0 saturated heterocycles. The average Bonchev–Trinajstić information content (AvgIpc) is 2.72. The van der Waals surface area contributed by atoms with Crippen molar-refractivity contribution in [3.63, 3.8) is 0 Å². The first-order chi connectivity index (χ1) is 13.5. The zero-order valence-electron chi connectivity index (χ0n) is 16.3. The summed E-state index contributed by atoms with van der Waals surface area (Å²) in [5.74, 6) is -0.128. The van der Waals surface area contributed by atoms with E-state index in [4.69, 9.17) is 9.47 Å². The molecule has 0 N–H and O–H groups in total. The SMILES string of the molecule is CCN(CC)C(=O)COc1ccc(C(=O)/C=C/c2ccc(OC)c(F)c2)cc1. The van der Waals surface area contributed by atoms with Crippen LogP contribution in [0.4, 0.5) is 4.39 Å². The molecule has 0 heterocycles. The molecule has 0 aromatic heterocycles. The molecule has 0 atom stereocenters. The lowest BCUT2D eigenvalue weighted by atomic mass is 10.1. The lowest BCUT2D eigenvalue weighted by molar-refractivity contribution is -0.132. The van der Waals surface area contributed by atoms with E-state index in [0.717, 1.165) is 0 Å². The van der Waals surface area contributed by atoms with Gasteiger partial charge in [0, 0.05) is 18.7 Å². The summed E-state index contributed by atoms with van der Waals surface area (Å²) >= 11 is 0. The average molecular weight is 385 g/mol. The van der Waals surface area contributed by atoms with Crippen LogP contribution in [0.15, 0.2) is 48.5 Å². The Morgan fingerprint density at radius 1 is 1.07 bits per heavy atom. The molecule has 2 rings (SSSR count). The fourth-order valence-electron chi connectivity index (χ4n) is 2.58. The Morgan fingerprint density at radius 3 is 2.32 bits per heavy atom. The third kappa shape index (κ3) is 5.67. The standard InChI is InChI=1S/C22H24FNO4/c1-4-24(5-2)22(26)15-28-18-10-8-17(9-11-18)20(25)12-6-16-7-13-21(27-3)19(23)14-16/h6-14H,4-5,15H2,1-3H3/b12-6+. The molecule has 148 valence electrons. The Morgan fingerprint density at radius 2 is 1.75 bits per heavy atom. The van der Waals surface area contributed by atoms with Crippen LogP contribution in [-0.4, -0.2) is 43.4 Å². The van der Waals surface area contributed by atoms with Gasteiger partial charge in [-0.3, -0.25) is 9.59 Å². The van der Waals surface area contributed by atoms with Crippen molar-refractivity contribution in [3.05, 3.63) is 65.5 Å². The maximum absolute atomic E-state index is 13.7. The van der Waals surface area contributed by atoms with E-state index in [1.807, 2.05) is 13.8 Å². The Balaban J connectivity index is 1.96. The monoisotopic (exact) mass is 385 g/mol. The van der Waals surface area contributed by atoms with Gasteiger partial charge in [0.25, 0.3) is 5.91 Å². The summed E-state index contributed by atoms with van der Waals surface area (Å²) in [6.07, 6.45) is 2.92. The number of carbonyl (C=O) groups excluding carboxylic acids is 2. The Hall–Kier alpha value is -3.15. The van der Waals surface area contributed by atoms with Gasteiger partial charge in [-0.05, 0) is 61.9 Å². The summed E-state index contributed by atoms with van der Waals surface area (Å²) in [6.45, 7) is 5.05. The van der Waals surface area contributed by atoms with Gasteiger partial charge in [0.05, 0.1) is 7.11 Å². The summed E-state index contributed by atoms with van der Waals surface area (Å²) in [5.41, 5.74) is 1.02. The number of likely N-dealkylation sites (N-methyl/N-ethyl adjacent to an activating group) is 1. The molecule has 0 aliphatic carbocycles. The predicted octanol–water partition coefficient (Wildman–Crippen LogP) is 3.98. The van der Waals surface area contributed by atoms with Crippen LogP contribution < -0.4 is 9.47 Å². The number of rotatable bonds is 9. The van der Waals surface area contributed by atoms with Crippen LogP contribution in [0.5, 0.6) is 11.5 Å². The van der Waals surface area contributed by atoms with Gasteiger partial charge in [-0.15, -0.1) is 0 Å². The van der Waals surface area contributed by atoms with Crippen LogP contribution in [0.3, 0.4) is 0 Å². The highest BCUT2D eigenvalue weighted by Gasteiger charge is 2.10. The van der Waals surface area contributed by atoms with Crippen LogP contribution in [0.1, 0.15) is 29.8 Å². The minimum Gasteiger partial charge on any atom is -0.494 e. The molecule has 0 saturated carbocycles. The fourth-order valence-corrected chi connectivity index (χ4v) is 2.58. The molecule has 28 heavy (non-hydrogen) atoms. The molecule has 5 nitrogen and oxygen atoms in total. The number of ketones is 1. The first-order valence-electron chi connectivity index (χ1n) is 9.05. The van der Waals surface area contributed by atoms with Crippen molar-refractivity contribution in [2.45, 2.75) is 13.8 Å². The van der Waals surface area contributed by atoms with Crippen molar-refractivity contribution >= 4 is 17.8 Å². The normalized spacial score (nSPS) is 10.7. The minimum absolute atomic E-state index is 0.0437. The minimum atomic E-state index is -0.488. The molecule has 0 spiro atoms. The van der Waals surface area contributed by atoms with Gasteiger partial charge in [0.15, 0.2) is 24.0 Å². The summed E-state index contributed by atoms with van der Waals surface area (Å²) < 4.78 is 24.0. The molecule has 0 radical (unpaired) electrons. The highest BCUT2D eigenvalue weighted by Crippen LogP contribution is 2.19. The van der Waals surface area contributed by atoms with E-state index < -0.39 is 5.82 Å². The molecule has 0 unspecified atom stereocenters. The summed E-state index contributed by atoms with van der Waals surface area (Å²) in [6, 6.07) is 11.0. The lowest BCUT2D eigenvalue weighted by Gasteiger charge is -2.18. The second-order valence-corrected chi connectivity index (χ2v) is 5.97. The number of amides is 1. The highest BCUT2D eigenvalue weighted by atomic mass is 19.1. The number of carbonyl (C=O) groups is 2. The fraction of sp³-hybridized carbons (Fsp3) is 0.273. The number of benzene rings is 2. The van der Waals surface area contributed by atoms with Gasteiger partial charge in [-0.1, -0.05) is 12.1 Å². The molecule has 6 heteroatoms.